The summed E-state index contributed by atoms with van der Waals surface area (Å²) in [5, 5.41) is 49.5. The van der Waals surface area contributed by atoms with Crippen LogP contribution >= 0.6 is 15.9 Å². The second kappa shape index (κ2) is 22.1. The van der Waals surface area contributed by atoms with Crippen LogP contribution < -0.4 is 5.46 Å². The van der Waals surface area contributed by atoms with Crippen LogP contribution in [0, 0.1) is 0 Å². The summed E-state index contributed by atoms with van der Waals surface area (Å²) in [6.45, 7) is 0. The first-order chi connectivity index (χ1) is 43.4. The maximum atomic E-state index is 9.25. The van der Waals surface area contributed by atoms with Crippen LogP contribution in [-0.4, -0.2) is 17.2 Å². The highest BCUT2D eigenvalue weighted by molar-refractivity contribution is 9.10. The van der Waals surface area contributed by atoms with E-state index >= 15 is 0 Å². The molecule has 412 valence electrons. The minimum absolute atomic E-state index is 0.499. The minimum Gasteiger partial charge on any atom is -0.423 e. The zero-order chi connectivity index (χ0) is 58.8. The summed E-state index contributed by atoms with van der Waals surface area (Å²) in [5.74, 6) is 0. The van der Waals surface area contributed by atoms with E-state index in [-0.39, 0.29) is 0 Å². The van der Waals surface area contributed by atoms with Crippen LogP contribution in [0.15, 0.2) is 320 Å². The maximum Gasteiger partial charge on any atom is 0.488 e. The van der Waals surface area contributed by atoms with E-state index in [2.05, 4.69) is 295 Å². The van der Waals surface area contributed by atoms with Gasteiger partial charge in [-0.3, -0.25) is 0 Å². The summed E-state index contributed by atoms with van der Waals surface area (Å²) in [4.78, 5) is 0. The van der Waals surface area contributed by atoms with Crippen molar-refractivity contribution in [3.63, 3.8) is 0 Å². The molecule has 0 atom stereocenters. The van der Waals surface area contributed by atoms with Crippen LogP contribution in [0.1, 0.15) is 0 Å². The Balaban J connectivity index is 0.000000115. The number of benzene rings is 18. The Kier molecular flexibility index (Phi) is 13.3. The van der Waals surface area contributed by atoms with Gasteiger partial charge in [0.15, 0.2) is 0 Å². The Morgan fingerprint density at radius 1 is 0.205 bits per heavy atom. The number of halogens is 1. The van der Waals surface area contributed by atoms with Crippen LogP contribution in [0.4, 0.5) is 0 Å². The predicted molar refractivity (Wildman–Crippen MR) is 383 cm³/mol. The molecule has 0 aliphatic carbocycles. The van der Waals surface area contributed by atoms with Crippen molar-refractivity contribution in [2.45, 2.75) is 0 Å². The third kappa shape index (κ3) is 9.04. The molecule has 0 saturated carbocycles. The molecule has 2 nitrogen and oxygen atoms in total. The molecule has 0 fully saturated rings. The quantitative estimate of drug-likeness (QED) is 0.136. The van der Waals surface area contributed by atoms with E-state index in [9.17, 15) is 10.0 Å². The van der Waals surface area contributed by atoms with Gasteiger partial charge in [0.1, 0.15) is 0 Å². The topological polar surface area (TPSA) is 40.5 Å². The minimum atomic E-state index is -1.43. The summed E-state index contributed by atoms with van der Waals surface area (Å²) >= 11 is 3.77. The Bertz CT molecular complexity index is 5800. The van der Waals surface area contributed by atoms with E-state index in [1.165, 1.54) is 152 Å². The molecule has 0 aromatic heterocycles. The monoisotopic (exact) mass is 1180 g/mol. The van der Waals surface area contributed by atoms with Gasteiger partial charge in [0, 0.05) is 4.47 Å². The van der Waals surface area contributed by atoms with Crippen molar-refractivity contribution < 1.29 is 10.0 Å². The molecule has 0 radical (unpaired) electrons. The van der Waals surface area contributed by atoms with Gasteiger partial charge in [-0.05, 0) is 192 Å². The van der Waals surface area contributed by atoms with Crippen LogP contribution in [0.5, 0.6) is 0 Å². The molecule has 0 aliphatic heterocycles. The fourth-order valence-corrected chi connectivity index (χ4v) is 14.6. The SMILES string of the molecule is Brc1cc2c3ccccc3c3ccccc3c2c2ccccc12.OB(O)c1ccc(-c2cc3ccccc3c3ccccc23)cc1.c1ccc2c(c1)cc(-c1ccc(-c3cc4c5ccccc5c5ccccc5c4c4ccccc34)cc1)c1ccccc12. The molecule has 18 aromatic carbocycles. The van der Waals surface area contributed by atoms with Crippen LogP contribution in [0.25, 0.3) is 163 Å². The van der Waals surface area contributed by atoms with Crippen molar-refractivity contribution in [1.82, 2.24) is 0 Å². The van der Waals surface area contributed by atoms with Gasteiger partial charge in [-0.1, -0.05) is 307 Å². The lowest BCUT2D eigenvalue weighted by Gasteiger charge is -2.16. The van der Waals surface area contributed by atoms with Crippen molar-refractivity contribution in [3.8, 4) is 33.4 Å². The first-order valence-electron chi connectivity index (χ1n) is 30.0. The zero-order valence-electron chi connectivity index (χ0n) is 47.9. The van der Waals surface area contributed by atoms with Gasteiger partial charge in [0.2, 0.25) is 0 Å². The van der Waals surface area contributed by atoms with Crippen LogP contribution in [-0.2, 0) is 0 Å². The van der Waals surface area contributed by atoms with E-state index < -0.39 is 7.12 Å². The first kappa shape index (κ1) is 53.0. The van der Waals surface area contributed by atoms with Crippen LogP contribution in [0.2, 0.25) is 0 Å². The summed E-state index contributed by atoms with van der Waals surface area (Å²) in [5.41, 5.74) is 7.74. The Morgan fingerprint density at radius 3 is 0.830 bits per heavy atom. The molecule has 0 bridgehead atoms. The van der Waals surface area contributed by atoms with E-state index in [1.807, 2.05) is 24.3 Å². The fourth-order valence-electron chi connectivity index (χ4n) is 14.0. The molecule has 88 heavy (non-hydrogen) atoms. The van der Waals surface area contributed by atoms with E-state index in [0.29, 0.717) is 5.46 Å². The molecule has 18 rings (SSSR count). The number of hydrogen-bond donors (Lipinski definition) is 2. The molecule has 0 saturated heterocycles. The Labute approximate surface area is 517 Å². The van der Waals surface area contributed by atoms with Crippen LogP contribution in [0.3, 0.4) is 0 Å². The van der Waals surface area contributed by atoms with Crippen molar-refractivity contribution >= 4 is 158 Å². The van der Waals surface area contributed by atoms with Crippen molar-refractivity contribution in [1.29, 1.82) is 0 Å². The molecular weight excluding hydrogens is 1130 g/mol. The number of rotatable bonds is 4. The Morgan fingerprint density at radius 2 is 0.443 bits per heavy atom. The third-order valence-electron chi connectivity index (χ3n) is 18.0. The zero-order valence-corrected chi connectivity index (χ0v) is 49.5. The largest absolute Gasteiger partial charge is 0.488 e. The fraction of sp³-hybridized carbons (Fsp3) is 0. The lowest BCUT2D eigenvalue weighted by molar-refractivity contribution is 0.426. The molecule has 4 heteroatoms. The molecule has 0 unspecified atom stereocenters. The van der Waals surface area contributed by atoms with E-state index in [1.54, 1.807) is 12.1 Å². The van der Waals surface area contributed by atoms with Crippen molar-refractivity contribution in [3.05, 3.63) is 320 Å². The standard InChI is InChI=1S/C42H26.C22H13Br.C20H15BO2/c1-2-12-30-29(11-1)25-39(34-16-5-3-13-31(30)34)27-21-23-28(24-22-27)40-26-41-35-17-6-4-14-32(35)33-15-7-9-19-37(33)42(41)38-20-10-8-18-36(38)40;23-21-13-20-16-9-2-1-7-14(16)15-8-3-5-11-18(15)22(20)19-12-6-4-10-17(19)21;22-21(23)16-11-9-14(10-12-16)20-13-15-5-1-2-6-17(15)18-7-3-4-8-19(18)20/h1-26H;1-13H;1-13,22-23H. The molecular formula is C84H54BBrO2. The van der Waals surface area contributed by atoms with Gasteiger partial charge in [0.05, 0.1) is 0 Å². The van der Waals surface area contributed by atoms with Gasteiger partial charge in [-0.25, -0.2) is 0 Å². The molecule has 0 heterocycles. The second-order valence-electron chi connectivity index (χ2n) is 22.9. The summed E-state index contributed by atoms with van der Waals surface area (Å²) in [7, 11) is -1.43. The average Bonchev–Trinajstić information content (AvgIpc) is 0.824. The predicted octanol–water partition coefficient (Wildman–Crippen LogP) is 22.3. The third-order valence-corrected chi connectivity index (χ3v) is 18.7. The smallest absolute Gasteiger partial charge is 0.423 e. The molecule has 18 aromatic rings. The average molecular weight is 1190 g/mol. The summed E-state index contributed by atoms with van der Waals surface area (Å²) in [6, 6.07) is 113. The number of hydrogen-bond acceptors (Lipinski definition) is 2. The van der Waals surface area contributed by atoms with Gasteiger partial charge < -0.3 is 10.0 Å². The molecule has 2 N–H and O–H groups in total. The summed E-state index contributed by atoms with van der Waals surface area (Å²) in [6.07, 6.45) is 0. The lowest BCUT2D eigenvalue weighted by atomic mass is 9.79. The van der Waals surface area contributed by atoms with Gasteiger partial charge >= 0.3 is 7.12 Å². The van der Waals surface area contributed by atoms with Gasteiger partial charge in [0.25, 0.3) is 0 Å². The normalized spacial score (nSPS) is 11.6. The highest BCUT2D eigenvalue weighted by atomic mass is 79.9. The van der Waals surface area contributed by atoms with Crippen molar-refractivity contribution in [2.75, 3.05) is 0 Å². The lowest BCUT2D eigenvalue weighted by Crippen LogP contribution is -2.29. The summed E-state index contributed by atoms with van der Waals surface area (Å²) < 4.78 is 1.15. The van der Waals surface area contributed by atoms with E-state index in [0.717, 1.165) is 15.6 Å². The molecule has 0 spiro atoms. The van der Waals surface area contributed by atoms with Crippen molar-refractivity contribution in [2.24, 2.45) is 0 Å². The first-order valence-corrected chi connectivity index (χ1v) is 30.8. The maximum absolute atomic E-state index is 9.25. The highest BCUT2D eigenvalue weighted by Crippen LogP contribution is 2.45. The Hall–Kier alpha value is -10.5. The highest BCUT2D eigenvalue weighted by Gasteiger charge is 2.18. The molecule has 0 aliphatic rings. The number of fused-ring (bicyclic) bond motifs is 22. The van der Waals surface area contributed by atoms with Gasteiger partial charge in [-0.15, -0.1) is 0 Å². The van der Waals surface area contributed by atoms with E-state index in [4.69, 9.17) is 0 Å². The van der Waals surface area contributed by atoms with Gasteiger partial charge in [-0.2, -0.15) is 0 Å². The second-order valence-corrected chi connectivity index (χ2v) is 23.7. The molecule has 0 amide bonds.